The number of aliphatic carboxylic acids is 1. The summed E-state index contributed by atoms with van der Waals surface area (Å²) in [6.07, 6.45) is 1.56. The second-order valence-electron chi connectivity index (χ2n) is 10.4. The average molecular weight is 502 g/mol. The number of benzene rings is 1. The highest BCUT2D eigenvalue weighted by molar-refractivity contribution is 5.85. The number of ether oxygens (including phenoxy) is 4. The number of carboxylic acids is 1. The normalized spacial score (nSPS) is 32.8. The van der Waals surface area contributed by atoms with Crippen LogP contribution in [0.3, 0.4) is 0 Å². The molecule has 7 atom stereocenters. The van der Waals surface area contributed by atoms with Crippen molar-refractivity contribution >= 4 is 17.9 Å². The lowest BCUT2D eigenvalue weighted by Gasteiger charge is -2.61. The van der Waals surface area contributed by atoms with Crippen molar-refractivity contribution in [2.45, 2.75) is 75.2 Å². The number of aliphatic hydroxyl groups is 1. The van der Waals surface area contributed by atoms with Gasteiger partial charge in [0.05, 0.1) is 24.5 Å². The van der Waals surface area contributed by atoms with Crippen LogP contribution >= 0.6 is 0 Å². The number of hydrogen-bond acceptors (Lipinski definition) is 9. The lowest BCUT2D eigenvalue weighted by molar-refractivity contribution is -0.176. The van der Waals surface area contributed by atoms with Crippen LogP contribution in [-0.2, 0) is 35.7 Å². The van der Waals surface area contributed by atoms with E-state index in [1.807, 2.05) is 12.1 Å². The molecule has 0 saturated heterocycles. The molecule has 4 N–H and O–H groups in total. The van der Waals surface area contributed by atoms with E-state index in [0.717, 1.165) is 24.0 Å². The van der Waals surface area contributed by atoms with Crippen molar-refractivity contribution in [1.82, 2.24) is 0 Å². The Morgan fingerprint density at radius 3 is 2.72 bits per heavy atom. The van der Waals surface area contributed by atoms with Crippen LogP contribution in [-0.4, -0.2) is 59.1 Å². The first kappa shape index (κ1) is 24.6. The van der Waals surface area contributed by atoms with Crippen molar-refractivity contribution in [2.24, 2.45) is 17.6 Å². The van der Waals surface area contributed by atoms with Gasteiger partial charge in [-0.05, 0) is 62.1 Å². The molecule has 0 amide bonds. The van der Waals surface area contributed by atoms with Crippen LogP contribution in [0.25, 0.3) is 0 Å². The van der Waals surface area contributed by atoms with E-state index in [1.54, 1.807) is 13.2 Å². The summed E-state index contributed by atoms with van der Waals surface area (Å²) in [5.74, 6) is -1.41. The lowest BCUT2D eigenvalue weighted by atomic mass is 9.45. The van der Waals surface area contributed by atoms with E-state index >= 15 is 0 Å². The molecule has 4 aliphatic rings. The van der Waals surface area contributed by atoms with Gasteiger partial charge >= 0.3 is 17.9 Å². The van der Waals surface area contributed by atoms with Gasteiger partial charge in [0.1, 0.15) is 11.8 Å². The summed E-state index contributed by atoms with van der Waals surface area (Å²) < 4.78 is 22.8. The summed E-state index contributed by atoms with van der Waals surface area (Å²) in [6, 6.07) is 2.49. The third-order valence-electron chi connectivity index (χ3n) is 8.48. The van der Waals surface area contributed by atoms with Crippen LogP contribution in [0.15, 0.2) is 24.0 Å². The molecule has 1 unspecified atom stereocenters. The van der Waals surface area contributed by atoms with Crippen LogP contribution in [0.5, 0.6) is 11.5 Å². The zero-order valence-electron chi connectivity index (χ0n) is 20.5. The molecule has 194 valence electrons. The van der Waals surface area contributed by atoms with Gasteiger partial charge in [-0.2, -0.15) is 0 Å². The predicted molar refractivity (Wildman–Crippen MR) is 124 cm³/mol. The SMILES string of the molecule is COc1ccc2c3c1O[C@H]1C(OC(=O)[C@H](C)OC(=O)[C@@H](N)CC(=O)O)=CC[C@@]4(O)[C@@H](C2)C(C)CC[C@]314. The Morgan fingerprint density at radius 1 is 1.28 bits per heavy atom. The smallest absolute Gasteiger partial charge is 0.352 e. The topological polar surface area (TPSA) is 155 Å². The number of methoxy groups -OCH3 is 1. The molecule has 0 aromatic heterocycles. The van der Waals surface area contributed by atoms with Crippen molar-refractivity contribution in [3.05, 3.63) is 35.1 Å². The van der Waals surface area contributed by atoms with E-state index in [9.17, 15) is 19.5 Å². The fraction of sp³-hybridized carbons (Fsp3) is 0.577. The number of rotatable bonds is 7. The third kappa shape index (κ3) is 3.34. The van der Waals surface area contributed by atoms with Crippen molar-refractivity contribution in [3.8, 4) is 11.5 Å². The maximum absolute atomic E-state index is 12.9. The molecule has 1 fully saturated rings. The lowest BCUT2D eigenvalue weighted by Crippen LogP contribution is -2.69. The maximum atomic E-state index is 12.9. The summed E-state index contributed by atoms with van der Waals surface area (Å²) in [5.41, 5.74) is 5.70. The number of nitrogens with two attached hydrogens (primary N) is 1. The largest absolute Gasteiger partial charge is 0.493 e. The minimum atomic E-state index is -1.40. The van der Waals surface area contributed by atoms with Gasteiger partial charge in [-0.1, -0.05) is 13.0 Å². The van der Waals surface area contributed by atoms with Crippen molar-refractivity contribution in [2.75, 3.05) is 7.11 Å². The number of carbonyl (C=O) groups excluding carboxylic acids is 2. The summed E-state index contributed by atoms with van der Waals surface area (Å²) in [5, 5.41) is 21.0. The number of esters is 2. The molecule has 1 saturated carbocycles. The van der Waals surface area contributed by atoms with Gasteiger partial charge in [0.2, 0.25) is 0 Å². The molecule has 1 aromatic carbocycles. The number of carbonyl (C=O) groups is 3. The van der Waals surface area contributed by atoms with Gasteiger partial charge in [-0.3, -0.25) is 9.59 Å². The Morgan fingerprint density at radius 2 is 2.03 bits per heavy atom. The molecular weight excluding hydrogens is 470 g/mol. The highest BCUT2D eigenvalue weighted by Crippen LogP contribution is 2.68. The Labute approximate surface area is 208 Å². The van der Waals surface area contributed by atoms with E-state index in [0.29, 0.717) is 23.8 Å². The Kier molecular flexibility index (Phi) is 5.79. The predicted octanol–water partition coefficient (Wildman–Crippen LogP) is 1.59. The van der Waals surface area contributed by atoms with Crippen molar-refractivity contribution in [3.63, 3.8) is 0 Å². The molecule has 3 aliphatic carbocycles. The van der Waals surface area contributed by atoms with E-state index in [4.69, 9.17) is 29.8 Å². The minimum Gasteiger partial charge on any atom is -0.493 e. The first-order valence-electron chi connectivity index (χ1n) is 12.2. The molecule has 1 aliphatic heterocycles. The quantitative estimate of drug-likeness (QED) is 0.469. The second-order valence-corrected chi connectivity index (χ2v) is 10.4. The summed E-state index contributed by atoms with van der Waals surface area (Å²) in [7, 11) is 1.56. The van der Waals surface area contributed by atoms with Crippen LogP contribution in [0, 0.1) is 11.8 Å². The highest BCUT2D eigenvalue weighted by atomic mass is 16.6. The molecule has 0 radical (unpaired) electrons. The number of hydrogen-bond donors (Lipinski definition) is 3. The molecule has 10 heteroatoms. The molecule has 1 heterocycles. The number of carboxylic acid groups (broad SMARTS) is 1. The van der Waals surface area contributed by atoms with Crippen LogP contribution in [0.4, 0.5) is 0 Å². The zero-order valence-corrected chi connectivity index (χ0v) is 20.5. The fourth-order valence-corrected chi connectivity index (χ4v) is 6.75. The van der Waals surface area contributed by atoms with E-state index in [-0.39, 0.29) is 18.1 Å². The van der Waals surface area contributed by atoms with Gasteiger partial charge in [0.25, 0.3) is 0 Å². The second kappa shape index (κ2) is 8.48. The first-order chi connectivity index (χ1) is 17.0. The zero-order chi connectivity index (χ0) is 26.0. The Balaban J connectivity index is 1.45. The van der Waals surface area contributed by atoms with Crippen molar-refractivity contribution in [1.29, 1.82) is 0 Å². The molecule has 10 nitrogen and oxygen atoms in total. The average Bonchev–Trinajstić information content (AvgIpc) is 3.18. The standard InChI is InChI=1S/C26H31NO9/c1-12-6-8-25-20-14-4-5-17(33-3)21(20)36-22(25)18(7-9-26(25,32)15(12)10-14)35-23(30)13(2)34-24(31)16(27)11-19(28)29/h4-5,7,12-13,15-16,22,32H,6,8-11,27H2,1-3H3,(H,28,29)/t12?,13-,15-,16-,22-,25-,26+/m0/s1. The molecule has 1 aromatic rings. The van der Waals surface area contributed by atoms with Crippen LogP contribution in [0.2, 0.25) is 0 Å². The third-order valence-corrected chi connectivity index (χ3v) is 8.48. The van der Waals surface area contributed by atoms with Crippen LogP contribution < -0.4 is 15.2 Å². The molecule has 36 heavy (non-hydrogen) atoms. The molecular formula is C26H31NO9. The monoisotopic (exact) mass is 501 g/mol. The highest BCUT2D eigenvalue weighted by Gasteiger charge is 2.72. The van der Waals surface area contributed by atoms with Gasteiger partial charge in [0.15, 0.2) is 23.7 Å². The fourth-order valence-electron chi connectivity index (χ4n) is 6.75. The molecule has 2 bridgehead atoms. The van der Waals surface area contributed by atoms with Gasteiger partial charge in [-0.15, -0.1) is 0 Å². The van der Waals surface area contributed by atoms with E-state index in [2.05, 4.69) is 6.92 Å². The van der Waals surface area contributed by atoms with Gasteiger partial charge in [0, 0.05) is 5.56 Å². The first-order valence-corrected chi connectivity index (χ1v) is 12.2. The van der Waals surface area contributed by atoms with Crippen LogP contribution in [0.1, 0.15) is 50.7 Å². The summed E-state index contributed by atoms with van der Waals surface area (Å²) in [4.78, 5) is 35.8. The van der Waals surface area contributed by atoms with Gasteiger partial charge < -0.3 is 34.9 Å². The van der Waals surface area contributed by atoms with Gasteiger partial charge in [-0.25, -0.2) is 4.79 Å². The summed E-state index contributed by atoms with van der Waals surface area (Å²) >= 11 is 0. The molecule has 5 rings (SSSR count). The Bertz CT molecular complexity index is 1160. The molecule has 1 spiro atoms. The van der Waals surface area contributed by atoms with E-state index in [1.165, 1.54) is 6.92 Å². The van der Waals surface area contributed by atoms with E-state index < -0.39 is 53.6 Å². The van der Waals surface area contributed by atoms with Crippen molar-refractivity contribution < 1.29 is 43.5 Å². The Hall–Kier alpha value is -3.11. The summed E-state index contributed by atoms with van der Waals surface area (Å²) in [6.45, 7) is 3.50. The maximum Gasteiger partial charge on any atom is 0.352 e. The minimum absolute atomic E-state index is 0.0216.